The van der Waals surface area contributed by atoms with Gasteiger partial charge in [0.1, 0.15) is 17.1 Å². The Labute approximate surface area is 193 Å². The molecule has 2 aromatic heterocycles. The fourth-order valence-corrected chi connectivity index (χ4v) is 3.93. The van der Waals surface area contributed by atoms with Crippen LogP contribution in [0.3, 0.4) is 0 Å². The van der Waals surface area contributed by atoms with E-state index in [4.69, 9.17) is 27.6 Å². The Balaban J connectivity index is 1.78. The topological polar surface area (TPSA) is 59.2 Å². The summed E-state index contributed by atoms with van der Waals surface area (Å²) < 4.78 is 20.0. The normalized spacial score (nSPS) is 11.7. The second-order valence-corrected chi connectivity index (χ2v) is 9.22. The molecule has 0 unspecified atom stereocenters. The van der Waals surface area contributed by atoms with Crippen LogP contribution in [0, 0.1) is 5.82 Å². The van der Waals surface area contributed by atoms with Gasteiger partial charge >= 0.3 is 0 Å². The molecule has 0 fully saturated rings. The third kappa shape index (κ3) is 4.93. The molecule has 4 rings (SSSR count). The maximum Gasteiger partial charge on any atom is 0.228 e. The molecule has 0 aliphatic carbocycles. The summed E-state index contributed by atoms with van der Waals surface area (Å²) in [5.74, 6) is -0.296. The highest BCUT2D eigenvalue weighted by Crippen LogP contribution is 2.39. The standard InChI is InChI=1S/C23H17Cl2FN2O2S/c1-23(2,29)19-10-4-14(12-27-19)20-22(31-16-7-5-15(24)6-8-16)30-21(28-20)13-3-9-17(25)18(26)11-13/h3-12,29H,1-2H3. The van der Waals surface area contributed by atoms with Crippen molar-refractivity contribution in [2.45, 2.75) is 29.4 Å². The third-order valence-electron chi connectivity index (χ3n) is 4.45. The molecule has 0 radical (unpaired) electrons. The summed E-state index contributed by atoms with van der Waals surface area (Å²) in [7, 11) is 0. The molecule has 0 spiro atoms. The van der Waals surface area contributed by atoms with Gasteiger partial charge in [-0.15, -0.1) is 0 Å². The van der Waals surface area contributed by atoms with Crippen LogP contribution < -0.4 is 0 Å². The van der Waals surface area contributed by atoms with Crippen molar-refractivity contribution in [2.75, 3.05) is 0 Å². The highest BCUT2D eigenvalue weighted by molar-refractivity contribution is 7.99. The summed E-state index contributed by atoms with van der Waals surface area (Å²) in [6.45, 7) is 3.33. The summed E-state index contributed by atoms with van der Waals surface area (Å²) in [6, 6.07) is 15.3. The van der Waals surface area contributed by atoms with Crippen LogP contribution in [-0.2, 0) is 5.60 Å². The number of hydrogen-bond donors (Lipinski definition) is 1. The van der Waals surface area contributed by atoms with E-state index in [1.807, 2.05) is 18.2 Å². The Kier molecular flexibility index (Phi) is 6.08. The van der Waals surface area contributed by atoms with Crippen LogP contribution in [0.1, 0.15) is 19.5 Å². The van der Waals surface area contributed by atoms with Gasteiger partial charge in [0.05, 0.1) is 10.7 Å². The number of aromatic nitrogens is 2. The Morgan fingerprint density at radius 3 is 2.32 bits per heavy atom. The minimum atomic E-state index is -1.06. The van der Waals surface area contributed by atoms with Crippen LogP contribution in [0.15, 0.2) is 75.2 Å². The largest absolute Gasteiger partial charge is 0.429 e. The molecule has 0 aliphatic heterocycles. The molecule has 158 valence electrons. The Bertz CT molecular complexity index is 1220. The molecule has 0 aliphatic rings. The van der Waals surface area contributed by atoms with Gasteiger partial charge in [-0.3, -0.25) is 4.98 Å². The molecule has 0 amide bonds. The molecule has 8 heteroatoms. The van der Waals surface area contributed by atoms with Crippen molar-refractivity contribution in [3.63, 3.8) is 0 Å². The molecule has 0 saturated heterocycles. The van der Waals surface area contributed by atoms with Gasteiger partial charge in [0.25, 0.3) is 0 Å². The molecule has 4 nitrogen and oxygen atoms in total. The zero-order chi connectivity index (χ0) is 22.2. The first-order valence-corrected chi connectivity index (χ1v) is 10.9. The zero-order valence-electron chi connectivity index (χ0n) is 16.6. The Morgan fingerprint density at radius 2 is 1.71 bits per heavy atom. The minimum absolute atomic E-state index is 0.0256. The fraction of sp³-hybridized carbons (Fsp3) is 0.130. The molecule has 0 saturated carbocycles. The highest BCUT2D eigenvalue weighted by atomic mass is 35.5. The number of aliphatic hydroxyl groups is 1. The third-order valence-corrected chi connectivity index (χ3v) is 5.98. The summed E-state index contributed by atoms with van der Waals surface area (Å²) in [5.41, 5.74) is 1.20. The lowest BCUT2D eigenvalue weighted by atomic mass is 10.0. The van der Waals surface area contributed by atoms with E-state index in [1.54, 1.807) is 44.3 Å². The molecular formula is C23H17Cl2FN2O2S. The molecule has 31 heavy (non-hydrogen) atoms. The average Bonchev–Trinajstić information content (AvgIpc) is 3.15. The van der Waals surface area contributed by atoms with Crippen LogP contribution in [0.4, 0.5) is 4.39 Å². The van der Waals surface area contributed by atoms with Gasteiger partial charge in [0.2, 0.25) is 5.89 Å². The van der Waals surface area contributed by atoms with Crippen molar-refractivity contribution >= 4 is 35.0 Å². The molecule has 1 N–H and O–H groups in total. The second-order valence-electron chi connectivity index (χ2n) is 7.33. The van der Waals surface area contributed by atoms with Crippen molar-refractivity contribution < 1.29 is 13.9 Å². The monoisotopic (exact) mass is 474 g/mol. The van der Waals surface area contributed by atoms with Gasteiger partial charge in [-0.05, 0) is 80.2 Å². The van der Waals surface area contributed by atoms with Crippen LogP contribution >= 0.6 is 35.0 Å². The summed E-state index contributed by atoms with van der Waals surface area (Å²) >= 11 is 13.2. The lowest BCUT2D eigenvalue weighted by Crippen LogP contribution is -2.17. The SMILES string of the molecule is CC(C)(O)c1ccc(-c2nc(-c3ccc(Cl)c(F)c3)oc2Sc2ccc(Cl)cc2)cn1. The van der Waals surface area contributed by atoms with Crippen molar-refractivity contribution in [3.8, 4) is 22.7 Å². The molecule has 4 aromatic rings. The number of rotatable bonds is 5. The van der Waals surface area contributed by atoms with Gasteiger partial charge in [-0.2, -0.15) is 0 Å². The fourth-order valence-electron chi connectivity index (χ4n) is 2.82. The Morgan fingerprint density at radius 1 is 1.00 bits per heavy atom. The van der Waals surface area contributed by atoms with Crippen LogP contribution in [0.25, 0.3) is 22.7 Å². The van der Waals surface area contributed by atoms with Gasteiger partial charge in [-0.1, -0.05) is 23.2 Å². The average molecular weight is 475 g/mol. The second kappa shape index (κ2) is 8.63. The minimum Gasteiger partial charge on any atom is -0.429 e. The first-order chi connectivity index (χ1) is 14.7. The van der Waals surface area contributed by atoms with E-state index in [2.05, 4.69) is 9.97 Å². The van der Waals surface area contributed by atoms with Crippen LogP contribution in [0.5, 0.6) is 0 Å². The highest BCUT2D eigenvalue weighted by Gasteiger charge is 2.21. The van der Waals surface area contributed by atoms with Crippen LogP contribution in [-0.4, -0.2) is 15.1 Å². The number of hydrogen-bond acceptors (Lipinski definition) is 5. The van der Waals surface area contributed by atoms with Crippen molar-refractivity contribution in [2.24, 2.45) is 0 Å². The lowest BCUT2D eigenvalue weighted by Gasteiger charge is -2.16. The van der Waals surface area contributed by atoms with E-state index in [-0.39, 0.29) is 10.9 Å². The van der Waals surface area contributed by atoms with Crippen molar-refractivity contribution in [1.82, 2.24) is 9.97 Å². The van der Waals surface area contributed by atoms with Gasteiger partial charge < -0.3 is 9.52 Å². The molecule has 0 atom stereocenters. The lowest BCUT2D eigenvalue weighted by molar-refractivity contribution is 0.0739. The van der Waals surface area contributed by atoms with E-state index in [0.717, 1.165) is 4.90 Å². The van der Waals surface area contributed by atoms with E-state index in [9.17, 15) is 9.50 Å². The smallest absolute Gasteiger partial charge is 0.228 e. The maximum absolute atomic E-state index is 14.0. The number of nitrogens with zero attached hydrogens (tertiary/aromatic N) is 2. The number of halogens is 3. The van der Waals surface area contributed by atoms with Crippen molar-refractivity contribution in [3.05, 3.63) is 82.4 Å². The summed E-state index contributed by atoms with van der Waals surface area (Å²) in [5, 5.41) is 11.3. The number of benzene rings is 2. The van der Waals surface area contributed by atoms with E-state index in [0.29, 0.717) is 32.6 Å². The summed E-state index contributed by atoms with van der Waals surface area (Å²) in [4.78, 5) is 9.86. The number of oxazole rings is 1. The molecule has 2 heterocycles. The molecular weight excluding hydrogens is 458 g/mol. The molecule has 2 aromatic carbocycles. The quantitative estimate of drug-likeness (QED) is 0.330. The Hall–Kier alpha value is -2.38. The predicted octanol–water partition coefficient (Wildman–Crippen LogP) is 7.23. The first kappa shape index (κ1) is 21.8. The maximum atomic E-state index is 14.0. The van der Waals surface area contributed by atoms with Crippen LogP contribution in [0.2, 0.25) is 10.0 Å². The zero-order valence-corrected chi connectivity index (χ0v) is 18.9. The van der Waals surface area contributed by atoms with Gasteiger partial charge in [0, 0.05) is 27.2 Å². The predicted molar refractivity (Wildman–Crippen MR) is 121 cm³/mol. The van der Waals surface area contributed by atoms with E-state index >= 15 is 0 Å². The van der Waals surface area contributed by atoms with Crippen molar-refractivity contribution in [1.29, 1.82) is 0 Å². The van der Waals surface area contributed by atoms with Gasteiger partial charge in [-0.25, -0.2) is 9.37 Å². The van der Waals surface area contributed by atoms with E-state index < -0.39 is 11.4 Å². The first-order valence-electron chi connectivity index (χ1n) is 9.29. The molecule has 0 bridgehead atoms. The summed E-state index contributed by atoms with van der Waals surface area (Å²) in [6.07, 6.45) is 1.63. The van der Waals surface area contributed by atoms with E-state index in [1.165, 1.54) is 23.9 Å². The number of pyridine rings is 1. The van der Waals surface area contributed by atoms with Gasteiger partial charge in [0.15, 0.2) is 5.09 Å².